The van der Waals surface area contributed by atoms with Crippen LogP contribution in [0.15, 0.2) is 29.2 Å². The highest BCUT2D eigenvalue weighted by atomic mass is 32.2. The van der Waals surface area contributed by atoms with Gasteiger partial charge in [0.2, 0.25) is 0 Å². The molecule has 1 fully saturated rings. The summed E-state index contributed by atoms with van der Waals surface area (Å²) < 4.78 is 0. The third kappa shape index (κ3) is 5.15. The minimum absolute atomic E-state index is 0.261. The van der Waals surface area contributed by atoms with Crippen LogP contribution in [0, 0.1) is 5.92 Å². The Kier molecular flexibility index (Phi) is 6.78. The topological polar surface area (TPSA) is 20.3 Å². The van der Waals surface area contributed by atoms with Gasteiger partial charge in [0, 0.05) is 10.5 Å². The molecule has 0 radical (unpaired) electrons. The molecule has 116 valence electrons. The van der Waals surface area contributed by atoms with Crippen LogP contribution in [0.5, 0.6) is 0 Å². The largest absolute Gasteiger partial charge is 0.296 e. The standard InChI is InChI=1S/C18H27NOS/c1-3-5-15-6-4-12-19(13-11-15)14-18(20)16-7-9-17(21-2)10-8-16/h7-10,15H,3-6,11-14H2,1-2H3. The van der Waals surface area contributed by atoms with Crippen LogP contribution >= 0.6 is 11.8 Å². The number of benzene rings is 1. The second-order valence-corrected chi connectivity index (χ2v) is 6.89. The zero-order valence-corrected chi connectivity index (χ0v) is 14.1. The average Bonchev–Trinajstić information content (AvgIpc) is 2.73. The van der Waals surface area contributed by atoms with Crippen molar-refractivity contribution in [3.05, 3.63) is 29.8 Å². The van der Waals surface area contributed by atoms with Gasteiger partial charge in [0.1, 0.15) is 0 Å². The molecule has 1 unspecified atom stereocenters. The summed E-state index contributed by atoms with van der Waals surface area (Å²) in [5, 5.41) is 0. The van der Waals surface area contributed by atoms with Crippen LogP contribution in [0.2, 0.25) is 0 Å². The number of thioether (sulfide) groups is 1. The van der Waals surface area contributed by atoms with Crippen molar-refractivity contribution < 1.29 is 4.79 Å². The molecule has 0 spiro atoms. The van der Waals surface area contributed by atoms with Crippen molar-refractivity contribution >= 4 is 17.5 Å². The molecule has 0 saturated carbocycles. The lowest BCUT2D eigenvalue weighted by atomic mass is 9.96. The Labute approximate surface area is 133 Å². The van der Waals surface area contributed by atoms with Crippen LogP contribution in [0.3, 0.4) is 0 Å². The summed E-state index contributed by atoms with van der Waals surface area (Å²) in [7, 11) is 0. The van der Waals surface area contributed by atoms with E-state index in [-0.39, 0.29) is 5.78 Å². The van der Waals surface area contributed by atoms with Crippen molar-refractivity contribution in [2.24, 2.45) is 5.92 Å². The Balaban J connectivity index is 1.86. The van der Waals surface area contributed by atoms with Gasteiger partial charge in [0.25, 0.3) is 0 Å². The number of carbonyl (C=O) groups is 1. The molecule has 0 bridgehead atoms. The molecule has 1 atom stereocenters. The number of rotatable bonds is 6. The van der Waals surface area contributed by atoms with E-state index in [1.165, 1.54) is 37.0 Å². The number of hydrogen-bond donors (Lipinski definition) is 0. The van der Waals surface area contributed by atoms with Gasteiger partial charge in [-0.3, -0.25) is 9.69 Å². The molecule has 0 amide bonds. The van der Waals surface area contributed by atoms with E-state index in [0.29, 0.717) is 6.54 Å². The van der Waals surface area contributed by atoms with E-state index in [9.17, 15) is 4.79 Å². The second-order valence-electron chi connectivity index (χ2n) is 6.01. The number of likely N-dealkylation sites (tertiary alicyclic amines) is 1. The summed E-state index contributed by atoms with van der Waals surface area (Å²) in [6.45, 7) is 5.01. The molecule has 0 aromatic heterocycles. The molecule has 0 N–H and O–H groups in total. The van der Waals surface area contributed by atoms with E-state index >= 15 is 0 Å². The molecule has 0 aliphatic carbocycles. The summed E-state index contributed by atoms with van der Waals surface area (Å²) in [6.07, 6.45) is 8.51. The van der Waals surface area contributed by atoms with E-state index in [0.717, 1.165) is 24.6 Å². The Hall–Kier alpha value is -0.800. The smallest absolute Gasteiger partial charge is 0.176 e. The lowest BCUT2D eigenvalue weighted by molar-refractivity contribution is 0.0932. The maximum Gasteiger partial charge on any atom is 0.176 e. The second kappa shape index (κ2) is 8.60. The molecular weight excluding hydrogens is 278 g/mol. The fourth-order valence-electron chi connectivity index (χ4n) is 3.15. The number of nitrogens with zero attached hydrogens (tertiary/aromatic N) is 1. The first-order chi connectivity index (χ1) is 10.2. The number of hydrogen-bond acceptors (Lipinski definition) is 3. The minimum Gasteiger partial charge on any atom is -0.296 e. The first-order valence-electron chi connectivity index (χ1n) is 8.12. The highest BCUT2D eigenvalue weighted by Gasteiger charge is 2.18. The van der Waals surface area contributed by atoms with E-state index in [2.05, 4.69) is 18.1 Å². The summed E-state index contributed by atoms with van der Waals surface area (Å²) in [5.41, 5.74) is 0.849. The zero-order chi connectivity index (χ0) is 15.1. The summed E-state index contributed by atoms with van der Waals surface area (Å²) >= 11 is 1.71. The van der Waals surface area contributed by atoms with Crippen LogP contribution < -0.4 is 0 Å². The normalized spacial score (nSPS) is 20.2. The molecule has 1 aliphatic heterocycles. The highest BCUT2D eigenvalue weighted by Crippen LogP contribution is 2.22. The number of Topliss-reactive ketones (excluding diaryl/α,β-unsaturated/α-hetero) is 1. The fraction of sp³-hybridized carbons (Fsp3) is 0.611. The van der Waals surface area contributed by atoms with Gasteiger partial charge in [-0.15, -0.1) is 11.8 Å². The lowest BCUT2D eigenvalue weighted by Gasteiger charge is -2.19. The Morgan fingerprint density at radius 1 is 1.24 bits per heavy atom. The summed E-state index contributed by atoms with van der Waals surface area (Å²) in [5.74, 6) is 1.13. The molecule has 1 aliphatic rings. The van der Waals surface area contributed by atoms with Gasteiger partial charge in [-0.2, -0.15) is 0 Å². The van der Waals surface area contributed by atoms with Crippen LogP contribution in [-0.2, 0) is 0 Å². The molecule has 1 heterocycles. The summed E-state index contributed by atoms with van der Waals surface area (Å²) in [6, 6.07) is 8.01. The van der Waals surface area contributed by atoms with Gasteiger partial charge in [-0.1, -0.05) is 31.9 Å². The van der Waals surface area contributed by atoms with E-state index in [1.807, 2.05) is 24.3 Å². The first kappa shape index (κ1) is 16.6. The zero-order valence-electron chi connectivity index (χ0n) is 13.3. The average molecular weight is 305 g/mol. The molecule has 2 rings (SSSR count). The lowest BCUT2D eigenvalue weighted by Crippen LogP contribution is -2.31. The molecule has 1 aromatic rings. The number of carbonyl (C=O) groups excluding carboxylic acids is 1. The molecular formula is C18H27NOS. The van der Waals surface area contributed by atoms with Crippen molar-refractivity contribution in [1.29, 1.82) is 0 Å². The van der Waals surface area contributed by atoms with Gasteiger partial charge in [0.05, 0.1) is 6.54 Å². The molecule has 1 aromatic carbocycles. The van der Waals surface area contributed by atoms with Crippen LogP contribution in [-0.4, -0.2) is 36.6 Å². The van der Waals surface area contributed by atoms with Crippen molar-refractivity contribution in [3.8, 4) is 0 Å². The third-order valence-electron chi connectivity index (χ3n) is 4.42. The van der Waals surface area contributed by atoms with Gasteiger partial charge >= 0.3 is 0 Å². The Morgan fingerprint density at radius 2 is 2.00 bits per heavy atom. The van der Waals surface area contributed by atoms with Crippen molar-refractivity contribution in [2.75, 3.05) is 25.9 Å². The van der Waals surface area contributed by atoms with Crippen molar-refractivity contribution in [3.63, 3.8) is 0 Å². The minimum atomic E-state index is 0.261. The van der Waals surface area contributed by atoms with Crippen molar-refractivity contribution in [1.82, 2.24) is 4.90 Å². The van der Waals surface area contributed by atoms with Crippen LogP contribution in [0.25, 0.3) is 0 Å². The van der Waals surface area contributed by atoms with E-state index < -0.39 is 0 Å². The predicted octanol–water partition coefficient (Wildman–Crippen LogP) is 4.49. The first-order valence-corrected chi connectivity index (χ1v) is 9.35. The van der Waals surface area contributed by atoms with E-state index in [4.69, 9.17) is 0 Å². The van der Waals surface area contributed by atoms with Gasteiger partial charge in [0.15, 0.2) is 5.78 Å². The maximum atomic E-state index is 12.4. The summed E-state index contributed by atoms with van der Waals surface area (Å²) in [4.78, 5) is 15.9. The molecule has 3 heteroatoms. The Morgan fingerprint density at radius 3 is 2.67 bits per heavy atom. The van der Waals surface area contributed by atoms with Gasteiger partial charge < -0.3 is 0 Å². The van der Waals surface area contributed by atoms with Crippen LogP contribution in [0.4, 0.5) is 0 Å². The van der Waals surface area contributed by atoms with Gasteiger partial charge in [-0.25, -0.2) is 0 Å². The number of ketones is 1. The SMILES string of the molecule is CCCC1CCCN(CC(=O)c2ccc(SC)cc2)CC1. The molecule has 21 heavy (non-hydrogen) atoms. The Bertz CT molecular complexity index is 443. The quantitative estimate of drug-likeness (QED) is 0.570. The third-order valence-corrected chi connectivity index (χ3v) is 5.16. The van der Waals surface area contributed by atoms with Crippen LogP contribution in [0.1, 0.15) is 49.4 Å². The molecule has 1 saturated heterocycles. The fourth-order valence-corrected chi connectivity index (χ4v) is 3.56. The van der Waals surface area contributed by atoms with Gasteiger partial charge in [-0.05, 0) is 56.7 Å². The monoisotopic (exact) mass is 305 g/mol. The predicted molar refractivity (Wildman–Crippen MR) is 91.2 cm³/mol. The molecule has 2 nitrogen and oxygen atoms in total. The highest BCUT2D eigenvalue weighted by molar-refractivity contribution is 7.98. The van der Waals surface area contributed by atoms with E-state index in [1.54, 1.807) is 11.8 Å². The maximum absolute atomic E-state index is 12.4. The van der Waals surface area contributed by atoms with Crippen molar-refractivity contribution in [2.45, 2.75) is 43.9 Å².